The molecule has 0 fully saturated rings. The molecule has 1 aromatic carbocycles. The van der Waals surface area contributed by atoms with Crippen LogP contribution in [-0.4, -0.2) is 36.4 Å². The van der Waals surface area contributed by atoms with E-state index in [4.69, 9.17) is 0 Å². The van der Waals surface area contributed by atoms with Gasteiger partial charge in [-0.05, 0) is 30.0 Å². The molecular weight excluding hydrogens is 259 g/mol. The molecule has 19 heavy (non-hydrogen) atoms. The van der Waals surface area contributed by atoms with Crippen molar-refractivity contribution in [2.75, 3.05) is 13.1 Å². The zero-order valence-corrected chi connectivity index (χ0v) is 10.0. The average molecular weight is 271 g/mol. The van der Waals surface area contributed by atoms with Crippen molar-refractivity contribution in [3.63, 3.8) is 0 Å². The van der Waals surface area contributed by atoms with Crippen LogP contribution in [0.5, 0.6) is 0 Å². The molecule has 6 heteroatoms. The summed E-state index contributed by atoms with van der Waals surface area (Å²) in [6, 6.07) is 5.04. The Hall–Kier alpha value is -1.85. The number of amides is 1. The molecule has 0 N–H and O–H groups in total. The van der Waals surface area contributed by atoms with Crippen LogP contribution in [0.3, 0.4) is 0 Å². The van der Waals surface area contributed by atoms with Gasteiger partial charge < -0.3 is 4.90 Å². The van der Waals surface area contributed by atoms with Crippen molar-refractivity contribution in [2.45, 2.75) is 19.0 Å². The molecule has 1 heterocycles. The maximum atomic E-state index is 12.4. The van der Waals surface area contributed by atoms with Crippen LogP contribution in [0.25, 0.3) is 0 Å². The molecule has 0 aliphatic carbocycles. The van der Waals surface area contributed by atoms with Gasteiger partial charge in [0, 0.05) is 18.7 Å². The maximum absolute atomic E-state index is 12.4. The first-order chi connectivity index (χ1) is 8.91. The second-order valence-electron chi connectivity index (χ2n) is 4.44. The van der Waals surface area contributed by atoms with Gasteiger partial charge in [0.1, 0.15) is 6.29 Å². The number of carbonyl (C=O) groups is 2. The Kier molecular flexibility index (Phi) is 3.59. The number of alkyl halides is 3. The van der Waals surface area contributed by atoms with Crippen molar-refractivity contribution < 1.29 is 22.8 Å². The van der Waals surface area contributed by atoms with E-state index >= 15 is 0 Å². The summed E-state index contributed by atoms with van der Waals surface area (Å²) in [6.45, 7) is 0.0689. The van der Waals surface area contributed by atoms with E-state index in [0.717, 1.165) is 16.0 Å². The molecule has 0 atom stereocenters. The summed E-state index contributed by atoms with van der Waals surface area (Å²) in [5, 5.41) is 0. The molecule has 0 unspecified atom stereocenters. The number of halogens is 3. The van der Waals surface area contributed by atoms with Crippen LogP contribution in [0.15, 0.2) is 18.2 Å². The van der Waals surface area contributed by atoms with E-state index in [1.165, 1.54) is 0 Å². The lowest BCUT2D eigenvalue weighted by atomic mass is 10.0. The first-order valence-electron chi connectivity index (χ1n) is 5.85. The maximum Gasteiger partial charge on any atom is 0.471 e. The van der Waals surface area contributed by atoms with Crippen LogP contribution >= 0.6 is 0 Å². The SMILES string of the molecule is O=Cc1ccc2c(c1)CCN(C(=O)C(F)(F)F)CC2. The number of hydrogen-bond donors (Lipinski definition) is 0. The number of nitrogens with zero attached hydrogens (tertiary/aromatic N) is 1. The van der Waals surface area contributed by atoms with Gasteiger partial charge in [-0.2, -0.15) is 13.2 Å². The smallest absolute Gasteiger partial charge is 0.334 e. The molecule has 1 aliphatic heterocycles. The third kappa shape index (κ3) is 2.94. The Labute approximate surface area is 108 Å². The predicted molar refractivity (Wildman–Crippen MR) is 61.9 cm³/mol. The predicted octanol–water partition coefficient (Wildman–Crippen LogP) is 1.99. The summed E-state index contributed by atoms with van der Waals surface area (Å²) >= 11 is 0. The van der Waals surface area contributed by atoms with Crippen molar-refractivity contribution in [2.24, 2.45) is 0 Å². The summed E-state index contributed by atoms with van der Waals surface area (Å²) in [7, 11) is 0. The number of carbonyl (C=O) groups excluding carboxylic acids is 2. The Balaban J connectivity index is 2.17. The molecule has 0 saturated carbocycles. The summed E-state index contributed by atoms with van der Waals surface area (Å²) in [4.78, 5) is 22.7. The molecule has 0 radical (unpaired) electrons. The summed E-state index contributed by atoms with van der Waals surface area (Å²) < 4.78 is 37.1. The van der Waals surface area contributed by atoms with Crippen molar-refractivity contribution in [3.8, 4) is 0 Å². The van der Waals surface area contributed by atoms with Gasteiger partial charge in [0.15, 0.2) is 0 Å². The quantitative estimate of drug-likeness (QED) is 0.732. The van der Waals surface area contributed by atoms with E-state index < -0.39 is 12.1 Å². The molecule has 3 nitrogen and oxygen atoms in total. The molecule has 1 aromatic rings. The normalized spacial score (nSPS) is 15.6. The monoisotopic (exact) mass is 271 g/mol. The second-order valence-corrected chi connectivity index (χ2v) is 4.44. The van der Waals surface area contributed by atoms with Gasteiger partial charge in [-0.25, -0.2) is 0 Å². The lowest BCUT2D eigenvalue weighted by Crippen LogP contribution is -2.42. The first kappa shape index (κ1) is 13.6. The summed E-state index contributed by atoms with van der Waals surface area (Å²) in [5.41, 5.74) is 2.22. The second kappa shape index (κ2) is 5.03. The Bertz CT molecular complexity index is 511. The minimum atomic E-state index is -4.83. The fraction of sp³-hybridized carbons (Fsp3) is 0.385. The van der Waals surface area contributed by atoms with Crippen LogP contribution in [0.1, 0.15) is 21.5 Å². The van der Waals surface area contributed by atoms with Gasteiger partial charge in [-0.1, -0.05) is 12.1 Å². The van der Waals surface area contributed by atoms with Gasteiger partial charge in [0.25, 0.3) is 0 Å². The number of fused-ring (bicyclic) bond motifs is 1. The Morgan fingerprint density at radius 3 is 2.37 bits per heavy atom. The zero-order valence-electron chi connectivity index (χ0n) is 10.0. The van der Waals surface area contributed by atoms with Crippen molar-refractivity contribution in [3.05, 3.63) is 34.9 Å². The third-order valence-electron chi connectivity index (χ3n) is 3.20. The highest BCUT2D eigenvalue weighted by atomic mass is 19.4. The summed E-state index contributed by atoms with van der Waals surface area (Å²) in [6.07, 6.45) is -3.43. The fourth-order valence-electron chi connectivity index (χ4n) is 2.20. The standard InChI is InChI=1S/C13H12F3NO2/c14-13(15,16)12(19)17-5-3-10-2-1-9(8-18)7-11(10)4-6-17/h1-2,7-8H,3-6H2. The van der Waals surface area contributed by atoms with Gasteiger partial charge in [-0.3, -0.25) is 9.59 Å². The number of benzene rings is 1. The molecule has 102 valence electrons. The molecule has 0 bridgehead atoms. The average Bonchev–Trinajstić information content (AvgIpc) is 2.58. The molecule has 0 aromatic heterocycles. The molecule has 0 saturated heterocycles. The van der Waals surface area contributed by atoms with Crippen LogP contribution < -0.4 is 0 Å². The lowest BCUT2D eigenvalue weighted by molar-refractivity contribution is -0.185. The first-order valence-corrected chi connectivity index (χ1v) is 5.85. The highest BCUT2D eigenvalue weighted by Crippen LogP contribution is 2.22. The third-order valence-corrected chi connectivity index (χ3v) is 3.20. The van der Waals surface area contributed by atoms with E-state index in [1.54, 1.807) is 18.2 Å². The van der Waals surface area contributed by atoms with E-state index in [-0.39, 0.29) is 13.1 Å². The van der Waals surface area contributed by atoms with Crippen molar-refractivity contribution >= 4 is 12.2 Å². The highest BCUT2D eigenvalue weighted by Gasteiger charge is 2.42. The van der Waals surface area contributed by atoms with E-state index in [9.17, 15) is 22.8 Å². The van der Waals surface area contributed by atoms with Crippen molar-refractivity contribution in [1.29, 1.82) is 0 Å². The number of rotatable bonds is 1. The van der Waals surface area contributed by atoms with Gasteiger partial charge in [0.2, 0.25) is 0 Å². The van der Waals surface area contributed by atoms with Crippen LogP contribution in [-0.2, 0) is 17.6 Å². The lowest BCUT2D eigenvalue weighted by Gasteiger charge is -2.21. The van der Waals surface area contributed by atoms with Crippen LogP contribution in [0.4, 0.5) is 13.2 Å². The fourth-order valence-corrected chi connectivity index (χ4v) is 2.20. The Morgan fingerprint density at radius 2 is 1.79 bits per heavy atom. The number of aldehydes is 1. The summed E-state index contributed by atoms with van der Waals surface area (Å²) in [5.74, 6) is -1.80. The van der Waals surface area contributed by atoms with Crippen LogP contribution in [0.2, 0.25) is 0 Å². The molecule has 2 rings (SSSR count). The van der Waals surface area contributed by atoms with Crippen molar-refractivity contribution in [1.82, 2.24) is 4.90 Å². The largest absolute Gasteiger partial charge is 0.471 e. The van der Waals surface area contributed by atoms with Crippen LogP contribution in [0, 0.1) is 0 Å². The zero-order chi connectivity index (χ0) is 14.0. The minimum absolute atomic E-state index is 0.0215. The molecular formula is C13H12F3NO2. The highest BCUT2D eigenvalue weighted by molar-refractivity contribution is 5.82. The van der Waals surface area contributed by atoms with Gasteiger partial charge in [0.05, 0.1) is 0 Å². The van der Waals surface area contributed by atoms with E-state index in [0.29, 0.717) is 24.7 Å². The molecule has 1 aliphatic rings. The molecule has 0 spiro atoms. The van der Waals surface area contributed by atoms with Gasteiger partial charge >= 0.3 is 12.1 Å². The van der Waals surface area contributed by atoms with E-state index in [2.05, 4.69) is 0 Å². The Morgan fingerprint density at radius 1 is 1.16 bits per heavy atom. The van der Waals surface area contributed by atoms with Gasteiger partial charge in [-0.15, -0.1) is 0 Å². The van der Waals surface area contributed by atoms with E-state index in [1.807, 2.05) is 0 Å². The minimum Gasteiger partial charge on any atom is -0.334 e. The topological polar surface area (TPSA) is 37.4 Å². The molecule has 1 amide bonds. The number of hydrogen-bond acceptors (Lipinski definition) is 2.